The molecule has 16 heavy (non-hydrogen) atoms. The van der Waals surface area contributed by atoms with E-state index in [0.29, 0.717) is 10.3 Å². The molecule has 0 heterocycles. The van der Waals surface area contributed by atoms with Gasteiger partial charge in [-0.25, -0.2) is 0 Å². The number of nitriles is 1. The van der Waals surface area contributed by atoms with E-state index in [0.717, 1.165) is 18.0 Å². The Morgan fingerprint density at radius 3 is 2.38 bits per heavy atom. The van der Waals surface area contributed by atoms with Crippen molar-refractivity contribution in [1.29, 1.82) is 5.26 Å². The van der Waals surface area contributed by atoms with Gasteiger partial charge in [0.25, 0.3) is 0 Å². The molecule has 0 aliphatic rings. The van der Waals surface area contributed by atoms with E-state index in [1.54, 1.807) is 0 Å². The van der Waals surface area contributed by atoms with Gasteiger partial charge in [0.05, 0.1) is 11.6 Å². The summed E-state index contributed by atoms with van der Waals surface area (Å²) >= 11 is 1.95. The summed E-state index contributed by atoms with van der Waals surface area (Å²) in [4.78, 5) is 0. The average Bonchev–Trinajstić information content (AvgIpc) is 2.24. The number of rotatable bonds is 4. The van der Waals surface area contributed by atoms with E-state index in [1.807, 2.05) is 36.0 Å². The summed E-state index contributed by atoms with van der Waals surface area (Å²) in [5.74, 6) is 1.09. The van der Waals surface area contributed by atoms with E-state index in [9.17, 15) is 0 Å². The lowest BCUT2D eigenvalue weighted by Gasteiger charge is -2.17. The summed E-state index contributed by atoms with van der Waals surface area (Å²) in [5, 5.41) is 12.0. The molecule has 0 unspecified atom stereocenters. The Balaban J connectivity index is 2.30. The molecule has 1 aromatic rings. The lowest BCUT2D eigenvalue weighted by molar-refractivity contribution is 0.802. The highest BCUT2D eigenvalue weighted by molar-refractivity contribution is 8.00. The lowest BCUT2D eigenvalue weighted by atomic mass is 10.2. The Labute approximate surface area is 102 Å². The third-order valence-electron chi connectivity index (χ3n) is 1.98. The molecule has 0 aliphatic carbocycles. The fourth-order valence-corrected chi connectivity index (χ4v) is 2.03. The van der Waals surface area contributed by atoms with Gasteiger partial charge in [-0.15, -0.1) is 0 Å². The molecular weight excluding hydrogens is 216 g/mol. The second-order valence-corrected chi connectivity index (χ2v) is 6.50. The molecule has 0 aliphatic heterocycles. The predicted octanol–water partition coefficient (Wildman–Crippen LogP) is 3.50. The van der Waals surface area contributed by atoms with Crippen molar-refractivity contribution in [2.75, 3.05) is 17.6 Å². The van der Waals surface area contributed by atoms with Gasteiger partial charge in [-0.1, -0.05) is 20.8 Å². The summed E-state index contributed by atoms with van der Waals surface area (Å²) in [5.41, 5.74) is 1.78. The molecule has 0 spiro atoms. The highest BCUT2D eigenvalue weighted by Gasteiger charge is 2.09. The summed E-state index contributed by atoms with van der Waals surface area (Å²) in [6.45, 7) is 7.62. The van der Waals surface area contributed by atoms with Crippen LogP contribution in [0.1, 0.15) is 26.3 Å². The summed E-state index contributed by atoms with van der Waals surface area (Å²) in [6, 6.07) is 9.66. The van der Waals surface area contributed by atoms with Crippen LogP contribution in [0.4, 0.5) is 5.69 Å². The standard InChI is InChI=1S/C13H18N2S/c1-13(2,3)16-9-8-15-12-6-4-11(10-14)5-7-12/h4-7,15H,8-9H2,1-3H3. The number of nitrogens with zero attached hydrogens (tertiary/aromatic N) is 1. The second kappa shape index (κ2) is 5.81. The molecule has 0 atom stereocenters. The van der Waals surface area contributed by atoms with Crippen molar-refractivity contribution in [2.45, 2.75) is 25.5 Å². The summed E-state index contributed by atoms with van der Waals surface area (Å²) < 4.78 is 0.326. The molecule has 1 rings (SSSR count). The molecule has 86 valence electrons. The Bertz CT molecular complexity index is 357. The lowest BCUT2D eigenvalue weighted by Crippen LogP contribution is -2.12. The SMILES string of the molecule is CC(C)(C)SCCNc1ccc(C#N)cc1. The number of hydrogen-bond donors (Lipinski definition) is 1. The molecule has 1 N–H and O–H groups in total. The maximum absolute atomic E-state index is 8.66. The highest BCUT2D eigenvalue weighted by Crippen LogP contribution is 2.22. The zero-order valence-electron chi connectivity index (χ0n) is 10.1. The maximum atomic E-state index is 8.66. The Hall–Kier alpha value is -1.14. The van der Waals surface area contributed by atoms with Crippen LogP contribution in [0.25, 0.3) is 0 Å². The van der Waals surface area contributed by atoms with Crippen molar-refractivity contribution in [1.82, 2.24) is 0 Å². The number of benzene rings is 1. The first-order chi connectivity index (χ1) is 7.51. The molecule has 0 aromatic heterocycles. The van der Waals surface area contributed by atoms with Crippen LogP contribution in [0, 0.1) is 11.3 Å². The van der Waals surface area contributed by atoms with Crippen LogP contribution in [0.5, 0.6) is 0 Å². The van der Waals surface area contributed by atoms with Gasteiger partial charge in [-0.3, -0.25) is 0 Å². The first kappa shape index (κ1) is 12.9. The van der Waals surface area contributed by atoms with Gasteiger partial charge in [-0.05, 0) is 24.3 Å². The van der Waals surface area contributed by atoms with Crippen LogP contribution in [0.3, 0.4) is 0 Å². The smallest absolute Gasteiger partial charge is 0.0991 e. The van der Waals surface area contributed by atoms with E-state index in [2.05, 4.69) is 32.2 Å². The minimum atomic E-state index is 0.326. The van der Waals surface area contributed by atoms with E-state index >= 15 is 0 Å². The molecule has 0 amide bonds. The minimum absolute atomic E-state index is 0.326. The summed E-state index contributed by atoms with van der Waals surface area (Å²) in [6.07, 6.45) is 0. The van der Waals surface area contributed by atoms with Crippen molar-refractivity contribution in [2.24, 2.45) is 0 Å². The zero-order valence-corrected chi connectivity index (χ0v) is 10.9. The number of thioether (sulfide) groups is 1. The van der Waals surface area contributed by atoms with Crippen molar-refractivity contribution >= 4 is 17.4 Å². The fourth-order valence-electron chi connectivity index (χ4n) is 1.22. The topological polar surface area (TPSA) is 35.8 Å². The fraction of sp³-hybridized carbons (Fsp3) is 0.462. The van der Waals surface area contributed by atoms with Gasteiger partial charge in [-0.2, -0.15) is 17.0 Å². The van der Waals surface area contributed by atoms with Crippen molar-refractivity contribution < 1.29 is 0 Å². The monoisotopic (exact) mass is 234 g/mol. The van der Waals surface area contributed by atoms with E-state index in [-0.39, 0.29) is 0 Å². The molecular formula is C13H18N2S. The van der Waals surface area contributed by atoms with Crippen LogP contribution in [0.15, 0.2) is 24.3 Å². The molecule has 1 aromatic carbocycles. The normalized spacial score (nSPS) is 10.9. The van der Waals surface area contributed by atoms with E-state index in [4.69, 9.17) is 5.26 Å². The van der Waals surface area contributed by atoms with Crippen molar-refractivity contribution in [3.05, 3.63) is 29.8 Å². The molecule has 0 fully saturated rings. The van der Waals surface area contributed by atoms with Crippen LogP contribution < -0.4 is 5.32 Å². The number of anilines is 1. The molecule has 0 saturated heterocycles. The Kier molecular flexibility index (Phi) is 4.70. The Morgan fingerprint density at radius 1 is 1.25 bits per heavy atom. The molecule has 0 radical (unpaired) electrons. The maximum Gasteiger partial charge on any atom is 0.0991 e. The van der Waals surface area contributed by atoms with Crippen molar-refractivity contribution in [3.8, 4) is 6.07 Å². The van der Waals surface area contributed by atoms with E-state index in [1.165, 1.54) is 0 Å². The molecule has 3 heteroatoms. The van der Waals surface area contributed by atoms with Gasteiger partial charge in [0, 0.05) is 22.7 Å². The minimum Gasteiger partial charge on any atom is -0.384 e. The van der Waals surface area contributed by atoms with Crippen LogP contribution in [-0.4, -0.2) is 17.0 Å². The first-order valence-corrected chi connectivity index (χ1v) is 6.38. The van der Waals surface area contributed by atoms with Gasteiger partial charge < -0.3 is 5.32 Å². The van der Waals surface area contributed by atoms with Gasteiger partial charge >= 0.3 is 0 Å². The largest absolute Gasteiger partial charge is 0.384 e. The van der Waals surface area contributed by atoms with Crippen molar-refractivity contribution in [3.63, 3.8) is 0 Å². The van der Waals surface area contributed by atoms with Gasteiger partial charge in [0.2, 0.25) is 0 Å². The number of nitrogens with one attached hydrogen (secondary N) is 1. The van der Waals surface area contributed by atoms with Crippen LogP contribution in [-0.2, 0) is 0 Å². The third-order valence-corrected chi connectivity index (χ3v) is 3.25. The molecule has 0 saturated carbocycles. The van der Waals surface area contributed by atoms with Crippen LogP contribution in [0.2, 0.25) is 0 Å². The molecule has 0 bridgehead atoms. The molecule has 2 nitrogen and oxygen atoms in total. The number of hydrogen-bond acceptors (Lipinski definition) is 3. The quantitative estimate of drug-likeness (QED) is 0.810. The second-order valence-electron chi connectivity index (χ2n) is 4.58. The average molecular weight is 234 g/mol. The first-order valence-electron chi connectivity index (χ1n) is 5.39. The summed E-state index contributed by atoms with van der Waals surface area (Å²) in [7, 11) is 0. The van der Waals surface area contributed by atoms with Gasteiger partial charge in [0.15, 0.2) is 0 Å². The highest BCUT2D eigenvalue weighted by atomic mass is 32.2. The Morgan fingerprint density at radius 2 is 1.88 bits per heavy atom. The van der Waals surface area contributed by atoms with Gasteiger partial charge in [0.1, 0.15) is 0 Å². The van der Waals surface area contributed by atoms with Crippen LogP contribution >= 0.6 is 11.8 Å². The predicted molar refractivity (Wildman–Crippen MR) is 71.9 cm³/mol. The van der Waals surface area contributed by atoms with E-state index < -0.39 is 0 Å². The third kappa shape index (κ3) is 5.09. The zero-order chi connectivity index (χ0) is 12.0.